The van der Waals surface area contributed by atoms with Crippen LogP contribution in [0, 0.1) is 0 Å². The quantitative estimate of drug-likeness (QED) is 0.535. The molecule has 0 radical (unpaired) electrons. The summed E-state index contributed by atoms with van der Waals surface area (Å²) in [5.41, 5.74) is 0.993. The molecule has 35 heavy (non-hydrogen) atoms. The minimum atomic E-state index is -4.38. The highest BCUT2D eigenvalue weighted by molar-refractivity contribution is 6.02. The molecule has 2 aromatic carbocycles. The van der Waals surface area contributed by atoms with E-state index >= 15 is 0 Å². The fourth-order valence-electron chi connectivity index (χ4n) is 4.26. The molecule has 1 atom stereocenters. The Kier molecular flexibility index (Phi) is 6.71. The molecule has 2 aliphatic rings. The number of ether oxygens (including phenoxy) is 2. The topological polar surface area (TPSA) is 54.4 Å². The van der Waals surface area contributed by atoms with Gasteiger partial charge in [0.15, 0.2) is 0 Å². The highest BCUT2D eigenvalue weighted by Crippen LogP contribution is 2.33. The van der Waals surface area contributed by atoms with Crippen LogP contribution < -0.4 is 4.74 Å². The zero-order valence-corrected chi connectivity index (χ0v) is 20.4. The SMILES string of the molecule is C[C@H]1CN(C(=O)OC(C)(C)C)CCN1C1=NCCOc2ccc(-c3ccc(C(F)(F)F)cc3)cc21. The van der Waals surface area contributed by atoms with Crippen molar-refractivity contribution in [1.82, 2.24) is 9.80 Å². The number of carbonyl (C=O) groups is 1. The standard InChI is InChI=1S/C26H30F3N3O3/c1-17-16-31(24(33)35-25(2,3)4)12-13-32(17)23-21-15-19(7-10-22(21)34-14-11-30-23)18-5-8-20(9-6-18)26(27,28)29/h5-10,15,17H,11-14,16H2,1-4H3/t17-/m0/s1. The molecule has 9 heteroatoms. The molecule has 1 saturated heterocycles. The van der Waals surface area contributed by atoms with E-state index in [-0.39, 0.29) is 12.1 Å². The molecular formula is C26H30F3N3O3. The summed E-state index contributed by atoms with van der Waals surface area (Å²) >= 11 is 0. The molecule has 6 nitrogen and oxygen atoms in total. The lowest BCUT2D eigenvalue weighted by Crippen LogP contribution is -2.56. The van der Waals surface area contributed by atoms with Gasteiger partial charge in [0, 0.05) is 25.7 Å². The first kappa shape index (κ1) is 24.9. The second-order valence-electron chi connectivity index (χ2n) is 9.81. The lowest BCUT2D eigenvalue weighted by Gasteiger charge is -2.41. The predicted molar refractivity (Wildman–Crippen MR) is 128 cm³/mol. The van der Waals surface area contributed by atoms with Crippen LogP contribution in [0.5, 0.6) is 5.75 Å². The van der Waals surface area contributed by atoms with Crippen LogP contribution in [-0.4, -0.2) is 66.2 Å². The van der Waals surface area contributed by atoms with Crippen LogP contribution in [0.4, 0.5) is 18.0 Å². The molecule has 2 aromatic rings. The summed E-state index contributed by atoms with van der Waals surface area (Å²) in [6.45, 7) is 10.0. The number of amidine groups is 1. The van der Waals surface area contributed by atoms with E-state index in [4.69, 9.17) is 14.5 Å². The van der Waals surface area contributed by atoms with Crippen molar-refractivity contribution in [2.24, 2.45) is 4.99 Å². The predicted octanol–water partition coefficient (Wildman–Crippen LogP) is 5.45. The molecular weight excluding hydrogens is 459 g/mol. The number of amides is 1. The molecule has 1 fully saturated rings. The van der Waals surface area contributed by atoms with E-state index < -0.39 is 17.3 Å². The Morgan fingerprint density at radius 2 is 1.74 bits per heavy atom. The lowest BCUT2D eigenvalue weighted by molar-refractivity contribution is -0.137. The molecule has 2 aliphatic heterocycles. The number of hydrogen-bond acceptors (Lipinski definition) is 5. The molecule has 0 N–H and O–H groups in total. The Morgan fingerprint density at radius 3 is 2.37 bits per heavy atom. The van der Waals surface area contributed by atoms with E-state index in [1.807, 2.05) is 45.9 Å². The summed E-state index contributed by atoms with van der Waals surface area (Å²) < 4.78 is 50.3. The van der Waals surface area contributed by atoms with Gasteiger partial charge in [-0.1, -0.05) is 18.2 Å². The van der Waals surface area contributed by atoms with Gasteiger partial charge in [-0.3, -0.25) is 4.99 Å². The lowest BCUT2D eigenvalue weighted by atomic mass is 9.99. The Bertz CT molecular complexity index is 1110. The number of alkyl halides is 3. The molecule has 0 aliphatic carbocycles. The molecule has 0 bridgehead atoms. The van der Waals surface area contributed by atoms with Gasteiger partial charge in [0.2, 0.25) is 0 Å². The van der Waals surface area contributed by atoms with Crippen LogP contribution in [0.1, 0.15) is 38.8 Å². The number of piperazine rings is 1. The van der Waals surface area contributed by atoms with Crippen molar-refractivity contribution < 1.29 is 27.4 Å². The molecule has 2 heterocycles. The Balaban J connectivity index is 1.58. The Labute approximate surface area is 203 Å². The third-order valence-corrected chi connectivity index (χ3v) is 5.93. The first-order valence-electron chi connectivity index (χ1n) is 11.7. The van der Waals surface area contributed by atoms with Crippen molar-refractivity contribution in [2.75, 3.05) is 32.8 Å². The van der Waals surface area contributed by atoms with Gasteiger partial charge in [0.05, 0.1) is 17.7 Å². The molecule has 0 saturated carbocycles. The first-order valence-corrected chi connectivity index (χ1v) is 11.7. The van der Waals surface area contributed by atoms with E-state index in [0.717, 1.165) is 29.1 Å². The average Bonchev–Trinajstić information content (AvgIpc) is 2.99. The Hall–Kier alpha value is -3.23. The zero-order chi connectivity index (χ0) is 25.4. The molecule has 188 valence electrons. The maximum Gasteiger partial charge on any atom is 0.416 e. The largest absolute Gasteiger partial charge is 0.491 e. The van der Waals surface area contributed by atoms with Gasteiger partial charge in [-0.05, 0) is 63.1 Å². The molecule has 0 unspecified atom stereocenters. The summed E-state index contributed by atoms with van der Waals surface area (Å²) in [4.78, 5) is 21.2. The second kappa shape index (κ2) is 9.43. The van der Waals surface area contributed by atoms with E-state index in [0.29, 0.717) is 44.1 Å². The maximum absolute atomic E-state index is 13.0. The van der Waals surface area contributed by atoms with E-state index in [2.05, 4.69) is 4.90 Å². The summed E-state index contributed by atoms with van der Waals surface area (Å²) in [7, 11) is 0. The van der Waals surface area contributed by atoms with Gasteiger partial charge in [0.1, 0.15) is 23.8 Å². The Morgan fingerprint density at radius 1 is 1.06 bits per heavy atom. The number of nitrogens with zero attached hydrogens (tertiary/aromatic N) is 3. The van der Waals surface area contributed by atoms with E-state index in [9.17, 15) is 18.0 Å². The minimum Gasteiger partial charge on any atom is -0.491 e. The first-order chi connectivity index (χ1) is 16.4. The van der Waals surface area contributed by atoms with Crippen molar-refractivity contribution in [3.05, 3.63) is 53.6 Å². The van der Waals surface area contributed by atoms with E-state index in [1.165, 1.54) is 12.1 Å². The van der Waals surface area contributed by atoms with Crippen LogP contribution >= 0.6 is 0 Å². The fourth-order valence-corrected chi connectivity index (χ4v) is 4.26. The molecule has 1 amide bonds. The monoisotopic (exact) mass is 489 g/mol. The zero-order valence-electron chi connectivity index (χ0n) is 20.4. The summed E-state index contributed by atoms with van der Waals surface area (Å²) in [5, 5.41) is 0. The van der Waals surface area contributed by atoms with Crippen molar-refractivity contribution in [3.63, 3.8) is 0 Å². The third kappa shape index (κ3) is 5.71. The third-order valence-electron chi connectivity index (χ3n) is 5.93. The van der Waals surface area contributed by atoms with Gasteiger partial charge >= 0.3 is 12.3 Å². The van der Waals surface area contributed by atoms with Crippen molar-refractivity contribution in [3.8, 4) is 16.9 Å². The second-order valence-corrected chi connectivity index (χ2v) is 9.81. The smallest absolute Gasteiger partial charge is 0.416 e. The average molecular weight is 490 g/mol. The maximum atomic E-state index is 13.0. The van der Waals surface area contributed by atoms with Crippen LogP contribution in [0.15, 0.2) is 47.5 Å². The molecule has 4 rings (SSSR count). The van der Waals surface area contributed by atoms with Crippen molar-refractivity contribution in [1.29, 1.82) is 0 Å². The van der Waals surface area contributed by atoms with Crippen molar-refractivity contribution in [2.45, 2.75) is 45.5 Å². The number of halogens is 3. The number of hydrogen-bond donors (Lipinski definition) is 0. The van der Waals surface area contributed by atoms with E-state index in [1.54, 1.807) is 4.90 Å². The number of benzene rings is 2. The number of fused-ring (bicyclic) bond motifs is 1. The summed E-state index contributed by atoms with van der Waals surface area (Å²) in [5.74, 6) is 1.45. The van der Waals surface area contributed by atoms with Crippen molar-refractivity contribution >= 4 is 11.9 Å². The summed E-state index contributed by atoms with van der Waals surface area (Å²) in [6, 6.07) is 10.7. The highest BCUT2D eigenvalue weighted by Gasteiger charge is 2.33. The van der Waals surface area contributed by atoms with Gasteiger partial charge < -0.3 is 19.3 Å². The number of rotatable bonds is 1. The number of aliphatic imine (C=N–C) groups is 1. The molecule has 0 aromatic heterocycles. The minimum absolute atomic E-state index is 0.0179. The van der Waals surface area contributed by atoms with Crippen LogP contribution in [-0.2, 0) is 10.9 Å². The van der Waals surface area contributed by atoms with Crippen LogP contribution in [0.3, 0.4) is 0 Å². The van der Waals surface area contributed by atoms with Gasteiger partial charge in [-0.15, -0.1) is 0 Å². The van der Waals surface area contributed by atoms with Crippen LogP contribution in [0.2, 0.25) is 0 Å². The number of carbonyl (C=O) groups excluding carboxylic acids is 1. The highest BCUT2D eigenvalue weighted by atomic mass is 19.4. The normalized spacial score (nSPS) is 18.8. The van der Waals surface area contributed by atoms with Gasteiger partial charge in [-0.25, -0.2) is 4.79 Å². The van der Waals surface area contributed by atoms with Gasteiger partial charge in [-0.2, -0.15) is 13.2 Å². The summed E-state index contributed by atoms with van der Waals surface area (Å²) in [6.07, 6.45) is -4.71. The van der Waals surface area contributed by atoms with Crippen LogP contribution in [0.25, 0.3) is 11.1 Å². The fraction of sp³-hybridized carbons (Fsp3) is 0.462. The molecule has 0 spiro atoms. The van der Waals surface area contributed by atoms with Gasteiger partial charge in [0.25, 0.3) is 0 Å².